The van der Waals surface area contributed by atoms with Crippen LogP contribution in [0.2, 0.25) is 0 Å². The lowest BCUT2D eigenvalue weighted by Crippen LogP contribution is -2.30. The van der Waals surface area contributed by atoms with Gasteiger partial charge >= 0.3 is 11.7 Å². The van der Waals surface area contributed by atoms with Crippen LogP contribution in [0.4, 0.5) is 11.4 Å². The van der Waals surface area contributed by atoms with Gasteiger partial charge in [0.2, 0.25) is 0 Å². The van der Waals surface area contributed by atoms with Gasteiger partial charge in [-0.05, 0) is 32.9 Å². The van der Waals surface area contributed by atoms with Gasteiger partial charge in [0.05, 0.1) is 11.0 Å². The fraction of sp³-hybridized carbons (Fsp3) is 0.462. The van der Waals surface area contributed by atoms with Crippen LogP contribution in [0.1, 0.15) is 20.8 Å². The highest BCUT2D eigenvalue weighted by Crippen LogP contribution is 2.37. The Balaban J connectivity index is 3.30. The number of para-hydroxylation sites is 1. The van der Waals surface area contributed by atoms with Crippen molar-refractivity contribution < 1.29 is 19.6 Å². The van der Waals surface area contributed by atoms with Gasteiger partial charge in [0, 0.05) is 6.54 Å². The number of carboxylic acids is 1. The van der Waals surface area contributed by atoms with Crippen molar-refractivity contribution in [3.8, 4) is 5.75 Å². The molecular weight excluding hydrogens is 264 g/mol. The number of hydrogen-bond donors (Lipinski definition) is 1. The number of hydrogen-bond acceptors (Lipinski definition) is 5. The Bertz CT molecular complexity index is 502. The molecule has 1 N–H and O–H groups in total. The van der Waals surface area contributed by atoms with Crippen molar-refractivity contribution in [2.45, 2.75) is 26.9 Å². The smallest absolute Gasteiger partial charge is 0.333 e. The van der Waals surface area contributed by atoms with Crippen LogP contribution >= 0.6 is 0 Å². The van der Waals surface area contributed by atoms with Gasteiger partial charge in [0.15, 0.2) is 5.75 Å². The first kappa shape index (κ1) is 15.7. The average Bonchev–Trinajstić information content (AvgIpc) is 2.34. The molecule has 0 saturated carbocycles. The summed E-state index contributed by atoms with van der Waals surface area (Å²) in [7, 11) is 0. The van der Waals surface area contributed by atoms with Gasteiger partial charge in [-0.3, -0.25) is 14.9 Å². The third-order valence-electron chi connectivity index (χ3n) is 2.57. The Morgan fingerprint density at radius 3 is 2.60 bits per heavy atom. The van der Waals surface area contributed by atoms with Crippen LogP contribution in [0.5, 0.6) is 5.75 Å². The summed E-state index contributed by atoms with van der Waals surface area (Å²) >= 11 is 0. The van der Waals surface area contributed by atoms with Gasteiger partial charge in [0.1, 0.15) is 12.2 Å². The Morgan fingerprint density at radius 1 is 1.50 bits per heavy atom. The lowest BCUT2D eigenvalue weighted by Gasteiger charge is -2.21. The molecule has 0 atom stereocenters. The van der Waals surface area contributed by atoms with E-state index in [9.17, 15) is 14.9 Å². The Labute approximate surface area is 116 Å². The van der Waals surface area contributed by atoms with Gasteiger partial charge in [-0.1, -0.05) is 6.07 Å². The Morgan fingerprint density at radius 2 is 2.15 bits per heavy atom. The minimum atomic E-state index is -1.05. The highest BCUT2D eigenvalue weighted by molar-refractivity contribution is 5.78. The van der Waals surface area contributed by atoms with Crippen molar-refractivity contribution in [3.05, 3.63) is 28.3 Å². The number of nitrogens with zero attached hydrogens (tertiary/aromatic N) is 2. The first-order valence-electron chi connectivity index (χ1n) is 6.27. The van der Waals surface area contributed by atoms with E-state index in [1.54, 1.807) is 26.8 Å². The summed E-state index contributed by atoms with van der Waals surface area (Å²) in [6.45, 7) is 5.32. The summed E-state index contributed by atoms with van der Waals surface area (Å²) in [5.41, 5.74) is 0.0438. The lowest BCUT2D eigenvalue weighted by atomic mass is 10.2. The van der Waals surface area contributed by atoms with E-state index in [1.807, 2.05) is 0 Å². The minimum absolute atomic E-state index is 0.145. The normalized spacial score (nSPS) is 10.4. The molecule has 7 heteroatoms. The van der Waals surface area contributed by atoms with E-state index in [4.69, 9.17) is 9.84 Å². The number of nitro groups is 1. The molecule has 0 amide bonds. The first-order chi connectivity index (χ1) is 9.36. The van der Waals surface area contributed by atoms with E-state index in [2.05, 4.69) is 0 Å². The second-order valence-electron chi connectivity index (χ2n) is 4.46. The maximum atomic E-state index is 11.3. The SMILES string of the molecule is CCN(CC(=O)O)c1cccc(OC(C)C)c1[N+](=O)[O-]. The van der Waals surface area contributed by atoms with Gasteiger partial charge < -0.3 is 14.7 Å². The number of nitro benzene ring substituents is 1. The second kappa shape index (κ2) is 6.74. The lowest BCUT2D eigenvalue weighted by molar-refractivity contribution is -0.385. The number of anilines is 1. The molecule has 7 nitrogen and oxygen atoms in total. The summed E-state index contributed by atoms with van der Waals surface area (Å²) in [4.78, 5) is 23.0. The molecule has 0 aliphatic rings. The van der Waals surface area contributed by atoms with E-state index in [1.165, 1.54) is 17.0 Å². The topological polar surface area (TPSA) is 92.9 Å². The predicted molar refractivity (Wildman–Crippen MR) is 74.4 cm³/mol. The van der Waals surface area contributed by atoms with Gasteiger partial charge in [-0.25, -0.2) is 0 Å². The second-order valence-corrected chi connectivity index (χ2v) is 4.46. The molecule has 0 heterocycles. The molecule has 110 valence electrons. The number of rotatable bonds is 7. The molecule has 0 unspecified atom stereocenters. The molecule has 0 fully saturated rings. The van der Waals surface area contributed by atoms with Crippen LogP contribution in [0.25, 0.3) is 0 Å². The van der Waals surface area contributed by atoms with Crippen molar-refractivity contribution in [1.82, 2.24) is 0 Å². The number of ether oxygens (including phenoxy) is 1. The van der Waals surface area contributed by atoms with E-state index in [0.717, 1.165) is 0 Å². The molecule has 0 aromatic heterocycles. The quantitative estimate of drug-likeness (QED) is 0.609. The Hall–Kier alpha value is -2.31. The van der Waals surface area contributed by atoms with Crippen LogP contribution in [0.3, 0.4) is 0 Å². The molecule has 0 bridgehead atoms. The summed E-state index contributed by atoms with van der Waals surface area (Å²) in [6.07, 6.45) is -0.210. The third-order valence-corrected chi connectivity index (χ3v) is 2.57. The van der Waals surface area contributed by atoms with E-state index < -0.39 is 10.9 Å². The number of carboxylic acid groups (broad SMARTS) is 1. The van der Waals surface area contributed by atoms with Crippen molar-refractivity contribution in [2.24, 2.45) is 0 Å². The molecule has 0 aliphatic heterocycles. The van der Waals surface area contributed by atoms with Crippen molar-refractivity contribution in [3.63, 3.8) is 0 Å². The van der Waals surface area contributed by atoms with Crippen LogP contribution in [0, 0.1) is 10.1 Å². The number of aliphatic carboxylic acids is 1. The standard InChI is InChI=1S/C13H18N2O5/c1-4-14(8-12(16)17)10-6-5-7-11(20-9(2)3)13(10)15(18)19/h5-7,9H,4,8H2,1-3H3,(H,16,17). The monoisotopic (exact) mass is 282 g/mol. The number of benzene rings is 1. The van der Waals surface area contributed by atoms with E-state index in [0.29, 0.717) is 6.54 Å². The van der Waals surface area contributed by atoms with Crippen LogP contribution < -0.4 is 9.64 Å². The molecule has 1 aromatic carbocycles. The van der Waals surface area contributed by atoms with Crippen LogP contribution in [-0.4, -0.2) is 35.2 Å². The van der Waals surface area contributed by atoms with Gasteiger partial charge in [0.25, 0.3) is 0 Å². The summed E-state index contributed by atoms with van der Waals surface area (Å²) in [6, 6.07) is 4.65. The molecule has 1 aromatic rings. The first-order valence-corrected chi connectivity index (χ1v) is 6.27. The average molecular weight is 282 g/mol. The number of likely N-dealkylation sites (N-methyl/N-ethyl adjacent to an activating group) is 1. The number of carbonyl (C=O) groups is 1. The Kier molecular flexibility index (Phi) is 5.31. The maximum absolute atomic E-state index is 11.3. The van der Waals surface area contributed by atoms with E-state index in [-0.39, 0.29) is 29.8 Å². The highest BCUT2D eigenvalue weighted by Gasteiger charge is 2.25. The molecule has 0 aliphatic carbocycles. The minimum Gasteiger partial charge on any atom is -0.484 e. The van der Waals surface area contributed by atoms with Crippen LogP contribution in [0.15, 0.2) is 18.2 Å². The molecule has 1 rings (SSSR count). The molecule has 0 saturated heterocycles. The zero-order valence-corrected chi connectivity index (χ0v) is 11.7. The fourth-order valence-electron chi connectivity index (χ4n) is 1.83. The van der Waals surface area contributed by atoms with Gasteiger partial charge in [-0.2, -0.15) is 0 Å². The largest absolute Gasteiger partial charge is 0.484 e. The van der Waals surface area contributed by atoms with Crippen LogP contribution in [-0.2, 0) is 4.79 Å². The summed E-state index contributed by atoms with van der Waals surface area (Å²) in [5.74, 6) is -0.900. The zero-order chi connectivity index (χ0) is 15.3. The van der Waals surface area contributed by atoms with Crippen molar-refractivity contribution in [1.29, 1.82) is 0 Å². The molecule has 0 spiro atoms. The van der Waals surface area contributed by atoms with Crippen molar-refractivity contribution >= 4 is 17.3 Å². The molecular formula is C13H18N2O5. The molecule has 0 radical (unpaired) electrons. The molecule has 20 heavy (non-hydrogen) atoms. The predicted octanol–water partition coefficient (Wildman–Crippen LogP) is 2.29. The highest BCUT2D eigenvalue weighted by atomic mass is 16.6. The fourth-order valence-corrected chi connectivity index (χ4v) is 1.83. The zero-order valence-electron chi connectivity index (χ0n) is 11.7. The third kappa shape index (κ3) is 3.84. The van der Waals surface area contributed by atoms with Gasteiger partial charge in [-0.15, -0.1) is 0 Å². The summed E-state index contributed by atoms with van der Waals surface area (Å²) < 4.78 is 5.43. The summed E-state index contributed by atoms with van der Waals surface area (Å²) in [5, 5.41) is 20.2. The maximum Gasteiger partial charge on any atom is 0.333 e. The van der Waals surface area contributed by atoms with Crippen molar-refractivity contribution in [2.75, 3.05) is 18.0 Å². The van der Waals surface area contributed by atoms with E-state index >= 15 is 0 Å².